The molecule has 4 rings (SSSR count). The second-order valence-corrected chi connectivity index (χ2v) is 6.20. The summed E-state index contributed by atoms with van der Waals surface area (Å²) in [7, 11) is 0. The zero-order valence-electron chi connectivity index (χ0n) is 10.4. The number of nitrogens with zero attached hydrogens (tertiary/aromatic N) is 2. The van der Waals surface area contributed by atoms with Crippen molar-refractivity contribution in [2.24, 2.45) is 10.9 Å². The van der Waals surface area contributed by atoms with E-state index in [0.717, 1.165) is 35.4 Å². The first-order valence-corrected chi connectivity index (χ1v) is 7.30. The van der Waals surface area contributed by atoms with Gasteiger partial charge >= 0.3 is 0 Å². The third-order valence-electron chi connectivity index (χ3n) is 3.66. The maximum Gasteiger partial charge on any atom is 0.139 e. The van der Waals surface area contributed by atoms with Gasteiger partial charge in [-0.15, -0.1) is 11.3 Å². The molecule has 18 heavy (non-hydrogen) atoms. The van der Waals surface area contributed by atoms with Crippen molar-refractivity contribution in [1.29, 1.82) is 0 Å². The Balaban J connectivity index is 1.70. The van der Waals surface area contributed by atoms with Crippen LogP contribution < -0.4 is 5.32 Å². The van der Waals surface area contributed by atoms with Gasteiger partial charge in [0.2, 0.25) is 0 Å². The van der Waals surface area contributed by atoms with Crippen LogP contribution in [0, 0.1) is 12.8 Å². The van der Waals surface area contributed by atoms with Crippen LogP contribution in [0.2, 0.25) is 0 Å². The molecule has 0 unspecified atom stereocenters. The number of thiophene rings is 1. The molecule has 0 radical (unpaired) electrons. The number of aryl methyl sites for hydroxylation is 1. The van der Waals surface area contributed by atoms with E-state index in [-0.39, 0.29) is 0 Å². The quantitative estimate of drug-likeness (QED) is 0.898. The highest BCUT2D eigenvalue weighted by molar-refractivity contribution is 7.20. The number of hydrogen-bond acceptors (Lipinski definition) is 4. The standard InChI is InChI=1S/C14H15N3S/c1-8-2-5-10-11-7-16-13(15-6-9-3-4-9)12(11)18-14(10)17-8/h2,5,9H,3-4,6-7H2,1H3,(H,15,16). The second-order valence-electron chi connectivity index (χ2n) is 5.20. The molecule has 0 atom stereocenters. The van der Waals surface area contributed by atoms with Crippen LogP contribution in [0.4, 0.5) is 0 Å². The molecule has 0 spiro atoms. The van der Waals surface area contributed by atoms with Crippen LogP contribution in [0.25, 0.3) is 10.2 Å². The predicted octanol–water partition coefficient (Wildman–Crippen LogP) is 2.86. The van der Waals surface area contributed by atoms with E-state index in [1.807, 2.05) is 6.92 Å². The first-order chi connectivity index (χ1) is 8.81. The van der Waals surface area contributed by atoms with E-state index >= 15 is 0 Å². The molecule has 3 heterocycles. The molecule has 1 fully saturated rings. The molecule has 1 aliphatic carbocycles. The summed E-state index contributed by atoms with van der Waals surface area (Å²) in [6.07, 6.45) is 2.75. The van der Waals surface area contributed by atoms with E-state index in [1.54, 1.807) is 11.3 Å². The van der Waals surface area contributed by atoms with Gasteiger partial charge in [0, 0.05) is 23.2 Å². The Hall–Kier alpha value is -1.42. The number of nitrogens with one attached hydrogen (secondary N) is 1. The van der Waals surface area contributed by atoms with Gasteiger partial charge in [0.25, 0.3) is 0 Å². The highest BCUT2D eigenvalue weighted by Gasteiger charge is 2.25. The Bertz CT molecular complexity index is 652. The summed E-state index contributed by atoms with van der Waals surface area (Å²) in [6, 6.07) is 4.28. The van der Waals surface area contributed by atoms with E-state index < -0.39 is 0 Å². The number of fused-ring (bicyclic) bond motifs is 3. The Labute approximate surface area is 110 Å². The molecule has 0 saturated heterocycles. The topological polar surface area (TPSA) is 37.3 Å². The molecule has 0 bridgehead atoms. The fourth-order valence-corrected chi connectivity index (χ4v) is 3.61. The molecule has 0 aromatic carbocycles. The third-order valence-corrected chi connectivity index (χ3v) is 4.81. The first kappa shape index (κ1) is 10.5. The van der Waals surface area contributed by atoms with Gasteiger partial charge in [0.15, 0.2) is 0 Å². The summed E-state index contributed by atoms with van der Waals surface area (Å²) in [5.41, 5.74) is 2.45. The van der Waals surface area contributed by atoms with E-state index in [1.165, 1.54) is 28.7 Å². The summed E-state index contributed by atoms with van der Waals surface area (Å²) >= 11 is 1.78. The lowest BCUT2D eigenvalue weighted by Gasteiger charge is -2.03. The highest BCUT2D eigenvalue weighted by Crippen LogP contribution is 2.35. The van der Waals surface area contributed by atoms with Crippen molar-refractivity contribution in [2.75, 3.05) is 6.54 Å². The summed E-state index contributed by atoms with van der Waals surface area (Å²) < 4.78 is 0. The zero-order valence-corrected chi connectivity index (χ0v) is 11.2. The third kappa shape index (κ3) is 1.63. The summed E-state index contributed by atoms with van der Waals surface area (Å²) in [5, 5.41) is 4.79. The molecule has 1 N–H and O–H groups in total. The molecule has 2 aromatic heterocycles. The van der Waals surface area contributed by atoms with Gasteiger partial charge in [0.05, 0.1) is 11.4 Å². The number of amidine groups is 1. The fraction of sp³-hybridized carbons (Fsp3) is 0.429. The second kappa shape index (κ2) is 3.79. The van der Waals surface area contributed by atoms with Gasteiger partial charge in [-0.25, -0.2) is 4.98 Å². The van der Waals surface area contributed by atoms with Crippen LogP contribution in [0.15, 0.2) is 17.1 Å². The number of rotatable bonds is 2. The minimum Gasteiger partial charge on any atom is -0.369 e. The van der Waals surface area contributed by atoms with Gasteiger partial charge in [0.1, 0.15) is 10.7 Å². The molecule has 3 nitrogen and oxygen atoms in total. The van der Waals surface area contributed by atoms with Gasteiger partial charge in [-0.3, -0.25) is 4.99 Å². The van der Waals surface area contributed by atoms with E-state index in [0.29, 0.717) is 0 Å². The maximum absolute atomic E-state index is 4.62. The minimum absolute atomic E-state index is 0.813. The molecule has 1 aliphatic heterocycles. The van der Waals surface area contributed by atoms with Crippen LogP contribution in [-0.4, -0.2) is 17.4 Å². The largest absolute Gasteiger partial charge is 0.369 e. The lowest BCUT2D eigenvalue weighted by molar-refractivity contribution is 0.773. The van der Waals surface area contributed by atoms with Crippen molar-refractivity contribution in [3.05, 3.63) is 28.3 Å². The average molecular weight is 257 g/mol. The van der Waals surface area contributed by atoms with Crippen LogP contribution >= 0.6 is 11.3 Å². The molecular formula is C14H15N3S. The van der Waals surface area contributed by atoms with Crippen molar-refractivity contribution < 1.29 is 0 Å². The molecular weight excluding hydrogens is 242 g/mol. The highest BCUT2D eigenvalue weighted by atomic mass is 32.1. The van der Waals surface area contributed by atoms with Gasteiger partial charge < -0.3 is 5.32 Å². The summed E-state index contributed by atoms with van der Waals surface area (Å²) in [6.45, 7) is 3.94. The monoisotopic (exact) mass is 257 g/mol. The smallest absolute Gasteiger partial charge is 0.139 e. The Morgan fingerprint density at radius 2 is 2.28 bits per heavy atom. The minimum atomic E-state index is 0.813. The van der Waals surface area contributed by atoms with E-state index in [9.17, 15) is 0 Å². The molecule has 0 amide bonds. The van der Waals surface area contributed by atoms with E-state index in [4.69, 9.17) is 0 Å². The van der Waals surface area contributed by atoms with Crippen LogP contribution in [-0.2, 0) is 6.54 Å². The first-order valence-electron chi connectivity index (χ1n) is 6.49. The predicted molar refractivity (Wildman–Crippen MR) is 75.3 cm³/mol. The van der Waals surface area contributed by atoms with Crippen LogP contribution in [0.3, 0.4) is 0 Å². The lowest BCUT2D eigenvalue weighted by Crippen LogP contribution is -2.24. The van der Waals surface area contributed by atoms with Gasteiger partial charge in [-0.2, -0.15) is 0 Å². The molecule has 2 aromatic rings. The Morgan fingerprint density at radius 3 is 3.11 bits per heavy atom. The fourth-order valence-electron chi connectivity index (χ4n) is 2.40. The average Bonchev–Trinajstić information content (AvgIpc) is 3.00. The van der Waals surface area contributed by atoms with Crippen LogP contribution in [0.5, 0.6) is 0 Å². The normalized spacial score (nSPS) is 17.9. The number of hydrogen-bond donors (Lipinski definition) is 1. The molecule has 4 heteroatoms. The van der Waals surface area contributed by atoms with Gasteiger partial charge in [-0.1, -0.05) is 0 Å². The lowest BCUT2D eigenvalue weighted by atomic mass is 10.2. The number of aliphatic imine (C=N–C) groups is 1. The summed E-state index contributed by atoms with van der Waals surface area (Å²) in [5.74, 6) is 1.98. The Morgan fingerprint density at radius 1 is 1.39 bits per heavy atom. The van der Waals surface area contributed by atoms with Crippen molar-refractivity contribution in [2.45, 2.75) is 26.3 Å². The number of aromatic nitrogens is 1. The van der Waals surface area contributed by atoms with Gasteiger partial charge in [-0.05, 0) is 37.8 Å². The summed E-state index contributed by atoms with van der Waals surface area (Å²) in [4.78, 5) is 11.7. The molecule has 1 saturated carbocycles. The van der Waals surface area contributed by atoms with Crippen molar-refractivity contribution in [3.8, 4) is 0 Å². The SMILES string of the molecule is Cc1ccc2c3c(sc2n1)C(NCC1CC1)=NC3. The van der Waals surface area contributed by atoms with Crippen molar-refractivity contribution in [1.82, 2.24) is 10.3 Å². The van der Waals surface area contributed by atoms with Crippen LogP contribution in [0.1, 0.15) is 29.0 Å². The zero-order chi connectivity index (χ0) is 12.1. The molecule has 92 valence electrons. The van der Waals surface area contributed by atoms with E-state index in [2.05, 4.69) is 27.4 Å². The Kier molecular flexibility index (Phi) is 2.21. The molecule has 2 aliphatic rings. The number of pyridine rings is 1. The van der Waals surface area contributed by atoms with Crippen molar-refractivity contribution >= 4 is 27.4 Å². The van der Waals surface area contributed by atoms with Crippen molar-refractivity contribution in [3.63, 3.8) is 0 Å². The maximum atomic E-state index is 4.62.